The number of alkyl halides is 1. The Morgan fingerprint density at radius 1 is 1.07 bits per heavy atom. The van der Waals surface area contributed by atoms with E-state index in [1.807, 2.05) is 60.8 Å². The van der Waals surface area contributed by atoms with Crippen LogP contribution in [0, 0.1) is 0 Å². The summed E-state index contributed by atoms with van der Waals surface area (Å²) in [5.74, 6) is 1.66. The van der Waals surface area contributed by atoms with Gasteiger partial charge >= 0.3 is 0 Å². The van der Waals surface area contributed by atoms with Crippen LogP contribution in [0.1, 0.15) is 10.4 Å². The number of benzene rings is 2. The SMILES string of the molecule is O=C(NCCN1CCN(c2ccccn2)CC1)c1cc(OCBr)c2ccccc2c1. The Bertz CT molecular complexity index is 991. The van der Waals surface area contributed by atoms with Gasteiger partial charge in [0.1, 0.15) is 17.1 Å². The molecule has 1 aliphatic heterocycles. The molecule has 1 amide bonds. The second-order valence-electron chi connectivity index (χ2n) is 7.22. The predicted octanol–water partition coefficient (Wildman–Crippen LogP) is 3.52. The second-order valence-corrected chi connectivity index (χ2v) is 7.68. The van der Waals surface area contributed by atoms with Gasteiger partial charge in [-0.05, 0) is 45.6 Å². The molecule has 1 saturated heterocycles. The summed E-state index contributed by atoms with van der Waals surface area (Å²) in [6.07, 6.45) is 1.83. The van der Waals surface area contributed by atoms with Crippen LogP contribution >= 0.6 is 15.9 Å². The maximum atomic E-state index is 12.7. The molecule has 0 atom stereocenters. The molecule has 1 N–H and O–H groups in total. The summed E-state index contributed by atoms with van der Waals surface area (Å²) in [5, 5.41) is 5.04. The van der Waals surface area contributed by atoms with Crippen molar-refractivity contribution in [2.24, 2.45) is 0 Å². The number of pyridine rings is 1. The number of amides is 1. The Morgan fingerprint density at radius 3 is 2.63 bits per heavy atom. The van der Waals surface area contributed by atoms with Crippen molar-refractivity contribution in [3.8, 4) is 5.75 Å². The van der Waals surface area contributed by atoms with Crippen LogP contribution in [0.25, 0.3) is 10.8 Å². The monoisotopic (exact) mass is 468 g/mol. The fourth-order valence-electron chi connectivity index (χ4n) is 3.76. The average molecular weight is 469 g/mol. The number of carbonyl (C=O) groups is 1. The van der Waals surface area contributed by atoms with E-state index in [1.54, 1.807) is 0 Å². The molecule has 30 heavy (non-hydrogen) atoms. The van der Waals surface area contributed by atoms with Crippen LogP contribution in [-0.2, 0) is 0 Å². The summed E-state index contributed by atoms with van der Waals surface area (Å²) in [6.45, 7) is 5.27. The van der Waals surface area contributed by atoms with Crippen molar-refractivity contribution < 1.29 is 9.53 Å². The van der Waals surface area contributed by atoms with Crippen molar-refractivity contribution in [2.75, 3.05) is 49.7 Å². The van der Waals surface area contributed by atoms with Gasteiger partial charge < -0.3 is 15.0 Å². The van der Waals surface area contributed by atoms with Gasteiger partial charge in [0.2, 0.25) is 0 Å². The molecule has 2 aromatic carbocycles. The lowest BCUT2D eigenvalue weighted by Crippen LogP contribution is -2.48. The van der Waals surface area contributed by atoms with E-state index in [2.05, 4.69) is 36.0 Å². The minimum atomic E-state index is -0.0766. The summed E-state index contributed by atoms with van der Waals surface area (Å²) >= 11 is 3.30. The normalized spacial score (nSPS) is 14.6. The summed E-state index contributed by atoms with van der Waals surface area (Å²) in [6, 6.07) is 17.7. The fraction of sp³-hybridized carbons (Fsp3) is 0.304. The lowest BCUT2D eigenvalue weighted by Gasteiger charge is -2.35. The highest BCUT2D eigenvalue weighted by atomic mass is 79.9. The van der Waals surface area contributed by atoms with Crippen molar-refractivity contribution in [1.82, 2.24) is 15.2 Å². The molecule has 0 spiro atoms. The van der Waals surface area contributed by atoms with Crippen LogP contribution in [0.5, 0.6) is 5.75 Å². The van der Waals surface area contributed by atoms with E-state index < -0.39 is 0 Å². The number of aromatic nitrogens is 1. The molecule has 7 heteroatoms. The molecule has 156 valence electrons. The summed E-state index contributed by atoms with van der Waals surface area (Å²) in [4.78, 5) is 21.8. The number of nitrogens with one attached hydrogen (secondary N) is 1. The van der Waals surface area contributed by atoms with Crippen LogP contribution in [-0.4, -0.2) is 60.6 Å². The number of piperazine rings is 1. The van der Waals surface area contributed by atoms with Crippen LogP contribution in [0.4, 0.5) is 5.82 Å². The number of anilines is 1. The second kappa shape index (κ2) is 9.91. The first-order valence-corrected chi connectivity index (χ1v) is 11.2. The lowest BCUT2D eigenvalue weighted by atomic mass is 10.1. The van der Waals surface area contributed by atoms with Crippen molar-refractivity contribution in [1.29, 1.82) is 0 Å². The molecule has 0 radical (unpaired) electrons. The maximum Gasteiger partial charge on any atom is 0.251 e. The Labute approximate surface area is 185 Å². The van der Waals surface area contributed by atoms with Gasteiger partial charge in [-0.25, -0.2) is 4.98 Å². The Balaban J connectivity index is 1.30. The van der Waals surface area contributed by atoms with Gasteiger partial charge in [0.25, 0.3) is 5.91 Å². The molecule has 1 aromatic heterocycles. The zero-order valence-corrected chi connectivity index (χ0v) is 18.3. The zero-order valence-electron chi connectivity index (χ0n) is 16.8. The fourth-order valence-corrected chi connectivity index (χ4v) is 4.00. The first kappa shape index (κ1) is 20.6. The molecule has 0 bridgehead atoms. The zero-order chi connectivity index (χ0) is 20.8. The molecule has 3 aromatic rings. The quantitative estimate of drug-likeness (QED) is 0.537. The molecule has 1 fully saturated rings. The third kappa shape index (κ3) is 4.91. The largest absolute Gasteiger partial charge is 0.482 e. The first-order valence-electron chi connectivity index (χ1n) is 10.1. The highest BCUT2D eigenvalue weighted by molar-refractivity contribution is 9.09. The predicted molar refractivity (Wildman–Crippen MR) is 124 cm³/mol. The number of ether oxygens (including phenoxy) is 1. The first-order chi connectivity index (χ1) is 14.7. The number of rotatable bonds is 7. The number of nitrogens with zero attached hydrogens (tertiary/aromatic N) is 3. The Kier molecular flexibility index (Phi) is 6.81. The van der Waals surface area contributed by atoms with Gasteiger partial charge in [0.05, 0.1) is 0 Å². The third-order valence-corrected chi connectivity index (χ3v) is 5.58. The Morgan fingerprint density at radius 2 is 1.87 bits per heavy atom. The standard InChI is InChI=1S/C23H25BrN4O2/c24-17-30-21-16-19(15-18-5-1-2-6-20(18)21)23(29)26-9-10-27-11-13-28(14-12-27)22-7-3-4-8-25-22/h1-8,15-16H,9-14,17H2,(H,26,29). The van der Waals surface area contributed by atoms with Crippen LogP contribution in [0.3, 0.4) is 0 Å². The molecule has 4 rings (SSSR count). The van der Waals surface area contributed by atoms with Crippen LogP contribution < -0.4 is 15.0 Å². The number of fused-ring (bicyclic) bond motifs is 1. The summed E-state index contributed by atoms with van der Waals surface area (Å²) in [5.41, 5.74) is 0.997. The lowest BCUT2D eigenvalue weighted by molar-refractivity contribution is 0.0947. The maximum absolute atomic E-state index is 12.7. The highest BCUT2D eigenvalue weighted by Crippen LogP contribution is 2.28. The summed E-state index contributed by atoms with van der Waals surface area (Å²) in [7, 11) is 0. The molecule has 1 aliphatic rings. The van der Waals surface area contributed by atoms with Gasteiger partial charge in [-0.3, -0.25) is 9.69 Å². The molecular formula is C23H25BrN4O2. The molecule has 2 heterocycles. The van der Waals surface area contributed by atoms with Crippen LogP contribution in [0.15, 0.2) is 60.8 Å². The van der Waals surface area contributed by atoms with Gasteiger partial charge in [-0.1, -0.05) is 30.3 Å². The number of carbonyl (C=O) groups excluding carboxylic acids is 1. The molecule has 0 aliphatic carbocycles. The van der Waals surface area contributed by atoms with Gasteiger partial charge in [0.15, 0.2) is 0 Å². The highest BCUT2D eigenvalue weighted by Gasteiger charge is 2.18. The van der Waals surface area contributed by atoms with E-state index in [9.17, 15) is 4.79 Å². The topological polar surface area (TPSA) is 57.7 Å². The van der Waals surface area contributed by atoms with E-state index in [1.165, 1.54) is 0 Å². The van der Waals surface area contributed by atoms with E-state index in [-0.39, 0.29) is 5.91 Å². The van der Waals surface area contributed by atoms with E-state index >= 15 is 0 Å². The number of hydrogen-bond acceptors (Lipinski definition) is 5. The number of hydrogen-bond donors (Lipinski definition) is 1. The van der Waals surface area contributed by atoms with Gasteiger partial charge in [0, 0.05) is 56.4 Å². The minimum absolute atomic E-state index is 0.0766. The van der Waals surface area contributed by atoms with E-state index in [0.29, 0.717) is 23.4 Å². The van der Waals surface area contributed by atoms with Crippen LogP contribution in [0.2, 0.25) is 0 Å². The van der Waals surface area contributed by atoms with E-state index in [0.717, 1.165) is 49.3 Å². The Hall–Kier alpha value is -2.64. The van der Waals surface area contributed by atoms with E-state index in [4.69, 9.17) is 4.74 Å². The number of halogens is 1. The minimum Gasteiger partial charge on any atom is -0.482 e. The van der Waals surface area contributed by atoms with Crippen molar-refractivity contribution in [2.45, 2.75) is 0 Å². The van der Waals surface area contributed by atoms with Gasteiger partial charge in [-0.2, -0.15) is 0 Å². The third-order valence-electron chi connectivity index (χ3n) is 5.36. The van der Waals surface area contributed by atoms with Crippen molar-refractivity contribution >= 4 is 38.4 Å². The molecule has 0 unspecified atom stereocenters. The average Bonchev–Trinajstić information content (AvgIpc) is 2.80. The molecule has 0 saturated carbocycles. The van der Waals surface area contributed by atoms with Crippen molar-refractivity contribution in [3.63, 3.8) is 0 Å². The molecular weight excluding hydrogens is 444 g/mol. The smallest absolute Gasteiger partial charge is 0.251 e. The van der Waals surface area contributed by atoms with Gasteiger partial charge in [-0.15, -0.1) is 0 Å². The molecule has 6 nitrogen and oxygen atoms in total. The van der Waals surface area contributed by atoms with Crippen molar-refractivity contribution in [3.05, 3.63) is 66.4 Å². The summed E-state index contributed by atoms with van der Waals surface area (Å²) < 4.78 is 5.67.